The largest absolute Gasteiger partial charge is 0.388 e. The van der Waals surface area contributed by atoms with E-state index in [0.717, 1.165) is 0 Å². The molecule has 1 aliphatic rings. The Bertz CT molecular complexity index is 542. The van der Waals surface area contributed by atoms with Gasteiger partial charge in [0.2, 0.25) is 0 Å². The van der Waals surface area contributed by atoms with Crippen molar-refractivity contribution in [2.45, 2.75) is 37.6 Å². The number of aliphatic hydroxyl groups is 3. The number of anilines is 1. The van der Waals surface area contributed by atoms with Crippen LogP contribution in [-0.2, 0) is 4.74 Å². The van der Waals surface area contributed by atoms with Crippen LogP contribution in [0, 0.1) is 10.1 Å². The van der Waals surface area contributed by atoms with Crippen LogP contribution in [0.2, 0.25) is 5.02 Å². The van der Waals surface area contributed by atoms with Crippen LogP contribution in [0.3, 0.4) is 0 Å². The van der Waals surface area contributed by atoms with Crippen molar-refractivity contribution < 1.29 is 25.0 Å². The zero-order valence-electron chi connectivity index (χ0n) is 11.0. The van der Waals surface area contributed by atoms with Crippen molar-refractivity contribution in [3.05, 3.63) is 33.3 Å². The second kappa shape index (κ2) is 6.12. The van der Waals surface area contributed by atoms with Gasteiger partial charge in [-0.05, 0) is 19.1 Å². The second-order valence-corrected chi connectivity index (χ2v) is 5.21. The smallest absolute Gasteiger partial charge is 0.289 e. The highest BCUT2D eigenvalue weighted by atomic mass is 35.5. The fourth-order valence-corrected chi connectivity index (χ4v) is 2.26. The molecule has 0 unspecified atom stereocenters. The lowest BCUT2D eigenvalue weighted by molar-refractivity contribution is -0.384. The number of hydrogen-bond donors (Lipinski definition) is 4. The molecule has 2 rings (SSSR count). The minimum absolute atomic E-state index is 0.0144. The van der Waals surface area contributed by atoms with Crippen LogP contribution in [0.4, 0.5) is 11.4 Å². The van der Waals surface area contributed by atoms with Gasteiger partial charge in [0, 0.05) is 11.8 Å². The van der Waals surface area contributed by atoms with Crippen molar-refractivity contribution in [1.29, 1.82) is 0 Å². The maximum Gasteiger partial charge on any atom is 0.289 e. The lowest BCUT2D eigenvalue weighted by Gasteiger charge is -2.39. The number of benzene rings is 1. The molecular formula is C12H15ClN2O6. The number of aliphatic hydroxyl groups excluding tert-OH is 3. The molecule has 0 spiro atoms. The lowest BCUT2D eigenvalue weighted by Crippen LogP contribution is -2.58. The Kier molecular flexibility index (Phi) is 4.64. The summed E-state index contributed by atoms with van der Waals surface area (Å²) in [4.78, 5) is 10.2. The first-order valence-corrected chi connectivity index (χ1v) is 6.59. The lowest BCUT2D eigenvalue weighted by atomic mass is 9.99. The van der Waals surface area contributed by atoms with E-state index in [1.54, 1.807) is 6.92 Å². The van der Waals surface area contributed by atoms with Crippen LogP contribution < -0.4 is 5.32 Å². The number of nitrogens with one attached hydrogen (secondary N) is 1. The molecule has 0 aromatic heterocycles. The summed E-state index contributed by atoms with van der Waals surface area (Å²) in [6.45, 7) is 1.54. The van der Waals surface area contributed by atoms with Gasteiger partial charge in [0.05, 0.1) is 11.0 Å². The Balaban J connectivity index is 2.18. The Morgan fingerprint density at radius 2 is 1.95 bits per heavy atom. The van der Waals surface area contributed by atoms with Crippen LogP contribution in [-0.4, -0.2) is 50.9 Å². The van der Waals surface area contributed by atoms with Crippen molar-refractivity contribution >= 4 is 23.0 Å². The minimum Gasteiger partial charge on any atom is -0.388 e. The highest BCUT2D eigenvalue weighted by Gasteiger charge is 2.41. The summed E-state index contributed by atoms with van der Waals surface area (Å²) in [5.41, 5.74) is 0.00605. The number of rotatable bonds is 3. The molecule has 8 nitrogen and oxygen atoms in total. The summed E-state index contributed by atoms with van der Waals surface area (Å²) in [5.74, 6) is 0. The number of nitrogens with zero attached hydrogens (tertiary/aromatic N) is 1. The van der Waals surface area contributed by atoms with Gasteiger partial charge in [-0.15, -0.1) is 0 Å². The fraction of sp³-hybridized carbons (Fsp3) is 0.500. The van der Waals surface area contributed by atoms with Crippen LogP contribution in [0.15, 0.2) is 18.2 Å². The zero-order valence-corrected chi connectivity index (χ0v) is 11.8. The average Bonchev–Trinajstić information content (AvgIpc) is 2.44. The predicted octanol–water partition coefficient (Wildman–Crippen LogP) is 0.488. The van der Waals surface area contributed by atoms with Crippen molar-refractivity contribution in [3.63, 3.8) is 0 Å². The van der Waals surface area contributed by atoms with Gasteiger partial charge in [0.25, 0.3) is 5.69 Å². The van der Waals surface area contributed by atoms with Gasteiger partial charge in [-0.25, -0.2) is 0 Å². The number of ether oxygens (including phenoxy) is 1. The van der Waals surface area contributed by atoms with E-state index in [-0.39, 0.29) is 10.7 Å². The summed E-state index contributed by atoms with van der Waals surface area (Å²) in [7, 11) is 0. The molecule has 1 saturated heterocycles. The van der Waals surface area contributed by atoms with Gasteiger partial charge < -0.3 is 25.4 Å². The number of hydrogen-bond acceptors (Lipinski definition) is 7. The third-order valence-electron chi connectivity index (χ3n) is 3.30. The van der Waals surface area contributed by atoms with E-state index in [4.69, 9.17) is 16.3 Å². The van der Waals surface area contributed by atoms with E-state index in [0.29, 0.717) is 5.69 Å². The Morgan fingerprint density at radius 1 is 1.29 bits per heavy atom. The Labute approximate surface area is 125 Å². The normalized spacial score (nSPS) is 32.7. The maximum absolute atomic E-state index is 10.8. The van der Waals surface area contributed by atoms with Crippen LogP contribution in [0.1, 0.15) is 6.92 Å². The van der Waals surface area contributed by atoms with E-state index in [1.807, 2.05) is 0 Å². The first-order valence-electron chi connectivity index (χ1n) is 6.21. The van der Waals surface area contributed by atoms with Crippen molar-refractivity contribution in [2.75, 3.05) is 5.32 Å². The van der Waals surface area contributed by atoms with Crippen molar-refractivity contribution in [3.8, 4) is 0 Å². The summed E-state index contributed by atoms with van der Waals surface area (Å²) in [5, 5.41) is 42.7. The monoisotopic (exact) mass is 318 g/mol. The summed E-state index contributed by atoms with van der Waals surface area (Å²) in [6.07, 6.45) is -5.69. The number of halogens is 1. The van der Waals surface area contributed by atoms with E-state index in [1.165, 1.54) is 18.2 Å². The molecule has 1 fully saturated rings. The number of nitro benzene ring substituents is 1. The highest BCUT2D eigenvalue weighted by molar-refractivity contribution is 6.32. The van der Waals surface area contributed by atoms with Gasteiger partial charge in [0.15, 0.2) is 6.23 Å². The van der Waals surface area contributed by atoms with Gasteiger partial charge in [-0.1, -0.05) is 11.6 Å². The molecule has 116 valence electrons. The van der Waals surface area contributed by atoms with Gasteiger partial charge in [0.1, 0.15) is 23.3 Å². The van der Waals surface area contributed by atoms with E-state index in [9.17, 15) is 25.4 Å². The minimum atomic E-state index is -1.38. The van der Waals surface area contributed by atoms with Gasteiger partial charge >= 0.3 is 0 Å². The fourth-order valence-electron chi connectivity index (χ4n) is 2.08. The van der Waals surface area contributed by atoms with Crippen molar-refractivity contribution in [1.82, 2.24) is 0 Å². The SMILES string of the molecule is C[C@@H]1O[C@H](Nc2ccc(Cl)c([N+](=O)[O-])c2)[C@H](O)[C@H](O)[C@H]1O. The first-order chi connectivity index (χ1) is 9.81. The molecule has 0 radical (unpaired) electrons. The molecule has 4 N–H and O–H groups in total. The third kappa shape index (κ3) is 3.25. The number of nitro groups is 1. The predicted molar refractivity (Wildman–Crippen MR) is 74.1 cm³/mol. The Hall–Kier alpha value is -1.45. The molecule has 9 heteroatoms. The van der Waals surface area contributed by atoms with Gasteiger partial charge in [-0.2, -0.15) is 0 Å². The molecule has 5 atom stereocenters. The molecule has 1 aromatic rings. The topological polar surface area (TPSA) is 125 Å². The standard InChI is InChI=1S/C12H15ClN2O6/c1-5-9(16)10(17)11(18)12(21-5)14-6-2-3-7(13)8(4-6)15(19)20/h2-5,9-12,14,16-18H,1H3/t5-,9-,10+,11+,12-/m0/s1. The van der Waals surface area contributed by atoms with E-state index in [2.05, 4.69) is 5.32 Å². The second-order valence-electron chi connectivity index (χ2n) is 4.80. The molecule has 0 aliphatic carbocycles. The maximum atomic E-state index is 10.8. The van der Waals surface area contributed by atoms with E-state index < -0.39 is 35.6 Å². The molecule has 0 bridgehead atoms. The first kappa shape index (κ1) is 15.9. The summed E-state index contributed by atoms with van der Waals surface area (Å²) in [6, 6.07) is 4.01. The molecule has 1 aromatic carbocycles. The third-order valence-corrected chi connectivity index (χ3v) is 3.62. The van der Waals surface area contributed by atoms with Crippen LogP contribution in [0.5, 0.6) is 0 Å². The average molecular weight is 319 g/mol. The highest BCUT2D eigenvalue weighted by Crippen LogP contribution is 2.29. The van der Waals surface area contributed by atoms with Crippen LogP contribution in [0.25, 0.3) is 0 Å². The molecular weight excluding hydrogens is 304 g/mol. The molecule has 1 heterocycles. The van der Waals surface area contributed by atoms with Crippen molar-refractivity contribution in [2.24, 2.45) is 0 Å². The molecule has 0 amide bonds. The molecule has 1 aliphatic heterocycles. The summed E-state index contributed by atoms with van der Waals surface area (Å²) >= 11 is 5.70. The van der Waals surface area contributed by atoms with Gasteiger partial charge in [-0.3, -0.25) is 10.1 Å². The molecule has 21 heavy (non-hydrogen) atoms. The molecule has 0 saturated carbocycles. The quantitative estimate of drug-likeness (QED) is 0.472. The van der Waals surface area contributed by atoms with Crippen LogP contribution >= 0.6 is 11.6 Å². The zero-order chi connectivity index (χ0) is 15.7. The Morgan fingerprint density at radius 3 is 2.57 bits per heavy atom. The van der Waals surface area contributed by atoms with E-state index >= 15 is 0 Å². The summed E-state index contributed by atoms with van der Waals surface area (Å²) < 4.78 is 5.34.